The van der Waals surface area contributed by atoms with Crippen molar-refractivity contribution in [3.8, 4) is 0 Å². The average Bonchev–Trinajstić information content (AvgIpc) is 2.84. The molecule has 0 saturated carbocycles. The second-order valence-electron chi connectivity index (χ2n) is 5.56. The lowest BCUT2D eigenvalue weighted by Crippen LogP contribution is -2.22. The van der Waals surface area contributed by atoms with Crippen molar-refractivity contribution in [3.63, 3.8) is 0 Å². The third kappa shape index (κ3) is 3.54. The van der Waals surface area contributed by atoms with Gasteiger partial charge in [-0.1, -0.05) is 38.2 Å². The van der Waals surface area contributed by atoms with E-state index in [0.29, 0.717) is 17.8 Å². The second kappa shape index (κ2) is 5.58. The van der Waals surface area contributed by atoms with E-state index in [0.717, 1.165) is 10.0 Å². The number of hydrogen-bond acceptors (Lipinski definition) is 5. The number of anilines is 1. The van der Waals surface area contributed by atoms with Gasteiger partial charge in [0.15, 0.2) is 0 Å². The number of carbonyl (C=O) groups excluding carboxylic acids is 1. The Morgan fingerprint density at radius 1 is 1.35 bits per heavy atom. The van der Waals surface area contributed by atoms with Crippen LogP contribution in [0.2, 0.25) is 0 Å². The molecule has 106 valence electrons. The number of benzene rings is 1. The summed E-state index contributed by atoms with van der Waals surface area (Å²) < 4.78 is 0. The largest absolute Gasteiger partial charge is 0.399 e. The Bertz CT molecular complexity index is 616. The maximum Gasteiger partial charge on any atom is 0.251 e. The molecular formula is C14H18N4OS. The summed E-state index contributed by atoms with van der Waals surface area (Å²) in [6, 6.07) is 6.88. The Labute approximate surface area is 122 Å². The molecule has 1 heterocycles. The lowest BCUT2D eigenvalue weighted by molar-refractivity contribution is 0.0951. The Kier molecular flexibility index (Phi) is 4.04. The van der Waals surface area contributed by atoms with Crippen molar-refractivity contribution in [1.29, 1.82) is 0 Å². The van der Waals surface area contributed by atoms with Gasteiger partial charge in [0.2, 0.25) is 0 Å². The van der Waals surface area contributed by atoms with E-state index in [1.165, 1.54) is 11.3 Å². The maximum absolute atomic E-state index is 12.0. The van der Waals surface area contributed by atoms with Gasteiger partial charge < -0.3 is 11.1 Å². The zero-order chi connectivity index (χ0) is 14.8. The van der Waals surface area contributed by atoms with Crippen molar-refractivity contribution in [3.05, 3.63) is 39.8 Å². The van der Waals surface area contributed by atoms with Gasteiger partial charge in [0.1, 0.15) is 10.0 Å². The number of nitrogens with two attached hydrogens (primary N) is 1. The minimum absolute atomic E-state index is 0.0200. The van der Waals surface area contributed by atoms with Crippen molar-refractivity contribution >= 4 is 22.9 Å². The minimum atomic E-state index is -0.162. The average molecular weight is 290 g/mol. The number of nitrogen functional groups attached to an aromatic ring is 1. The van der Waals surface area contributed by atoms with Gasteiger partial charge in [-0.2, -0.15) is 0 Å². The van der Waals surface area contributed by atoms with Crippen LogP contribution in [-0.2, 0) is 12.0 Å². The number of carbonyl (C=O) groups is 1. The molecule has 0 aliphatic carbocycles. The number of aromatic nitrogens is 2. The smallest absolute Gasteiger partial charge is 0.251 e. The van der Waals surface area contributed by atoms with Crippen LogP contribution in [0.25, 0.3) is 0 Å². The molecule has 0 fully saturated rings. The number of nitrogens with zero attached hydrogens (tertiary/aromatic N) is 2. The number of hydrogen-bond donors (Lipinski definition) is 2. The van der Waals surface area contributed by atoms with E-state index in [1.54, 1.807) is 24.3 Å². The van der Waals surface area contributed by atoms with E-state index in [2.05, 4.69) is 36.3 Å². The number of amides is 1. The zero-order valence-corrected chi connectivity index (χ0v) is 12.6. The highest BCUT2D eigenvalue weighted by atomic mass is 32.1. The van der Waals surface area contributed by atoms with Crippen LogP contribution in [0.1, 0.15) is 41.1 Å². The van der Waals surface area contributed by atoms with Gasteiger partial charge >= 0.3 is 0 Å². The Morgan fingerprint density at radius 2 is 2.10 bits per heavy atom. The summed E-state index contributed by atoms with van der Waals surface area (Å²) in [7, 11) is 0. The first-order chi connectivity index (χ1) is 9.36. The van der Waals surface area contributed by atoms with Crippen molar-refractivity contribution in [2.45, 2.75) is 32.7 Å². The fraction of sp³-hybridized carbons (Fsp3) is 0.357. The number of nitrogens with one attached hydrogen (secondary N) is 1. The quantitative estimate of drug-likeness (QED) is 0.850. The summed E-state index contributed by atoms with van der Waals surface area (Å²) in [5.74, 6) is -0.162. The van der Waals surface area contributed by atoms with Gasteiger partial charge in [-0.05, 0) is 18.2 Å². The van der Waals surface area contributed by atoms with Crippen LogP contribution in [-0.4, -0.2) is 16.1 Å². The lowest BCUT2D eigenvalue weighted by Gasteiger charge is -2.12. The predicted molar refractivity (Wildman–Crippen MR) is 80.6 cm³/mol. The molecule has 2 rings (SSSR count). The molecule has 0 unspecified atom stereocenters. The molecule has 1 aromatic carbocycles. The van der Waals surface area contributed by atoms with E-state index < -0.39 is 0 Å². The van der Waals surface area contributed by atoms with Crippen LogP contribution < -0.4 is 11.1 Å². The van der Waals surface area contributed by atoms with E-state index >= 15 is 0 Å². The van der Waals surface area contributed by atoms with Gasteiger partial charge in [-0.15, -0.1) is 10.2 Å². The van der Waals surface area contributed by atoms with Crippen molar-refractivity contribution < 1.29 is 4.79 Å². The first kappa shape index (κ1) is 14.5. The first-order valence-electron chi connectivity index (χ1n) is 6.33. The van der Waals surface area contributed by atoms with E-state index in [1.807, 2.05) is 0 Å². The Balaban J connectivity index is 1.99. The summed E-state index contributed by atoms with van der Waals surface area (Å²) in [5, 5.41) is 12.8. The van der Waals surface area contributed by atoms with Crippen LogP contribution in [0.15, 0.2) is 24.3 Å². The topological polar surface area (TPSA) is 80.9 Å². The van der Waals surface area contributed by atoms with Gasteiger partial charge in [-0.3, -0.25) is 4.79 Å². The first-order valence-corrected chi connectivity index (χ1v) is 7.14. The number of rotatable bonds is 3. The van der Waals surface area contributed by atoms with E-state index in [9.17, 15) is 4.79 Å². The van der Waals surface area contributed by atoms with Gasteiger partial charge in [0.05, 0.1) is 6.54 Å². The van der Waals surface area contributed by atoms with Crippen LogP contribution in [0.5, 0.6) is 0 Å². The molecule has 0 bridgehead atoms. The standard InChI is InChI=1S/C14H18N4OS/c1-14(2,3)13-18-17-11(20-13)8-16-12(19)9-5-4-6-10(15)7-9/h4-7H,8,15H2,1-3H3,(H,16,19). The SMILES string of the molecule is CC(C)(C)c1nnc(CNC(=O)c2cccc(N)c2)s1. The van der Waals surface area contributed by atoms with Gasteiger partial charge in [0, 0.05) is 16.7 Å². The molecule has 0 saturated heterocycles. The second-order valence-corrected chi connectivity index (χ2v) is 6.62. The normalized spacial score (nSPS) is 11.3. The summed E-state index contributed by atoms with van der Waals surface area (Å²) in [4.78, 5) is 12.0. The van der Waals surface area contributed by atoms with Crippen LogP contribution in [0, 0.1) is 0 Å². The molecule has 0 aliphatic heterocycles. The molecule has 2 aromatic rings. The predicted octanol–water partition coefficient (Wildman–Crippen LogP) is 2.35. The van der Waals surface area contributed by atoms with E-state index in [-0.39, 0.29) is 11.3 Å². The van der Waals surface area contributed by atoms with Crippen LogP contribution in [0.3, 0.4) is 0 Å². The summed E-state index contributed by atoms with van der Waals surface area (Å²) in [6.45, 7) is 6.63. The molecule has 6 heteroatoms. The lowest BCUT2D eigenvalue weighted by atomic mass is 9.98. The molecular weight excluding hydrogens is 272 g/mol. The third-order valence-corrected chi connectivity index (χ3v) is 4.01. The Hall–Kier alpha value is -1.95. The molecule has 0 atom stereocenters. The monoisotopic (exact) mass is 290 g/mol. The van der Waals surface area contributed by atoms with Crippen LogP contribution >= 0.6 is 11.3 Å². The van der Waals surface area contributed by atoms with Gasteiger partial charge in [-0.25, -0.2) is 0 Å². The molecule has 0 radical (unpaired) electrons. The highest BCUT2D eigenvalue weighted by Gasteiger charge is 2.19. The highest BCUT2D eigenvalue weighted by molar-refractivity contribution is 7.11. The van der Waals surface area contributed by atoms with Gasteiger partial charge in [0.25, 0.3) is 5.91 Å². The molecule has 1 aromatic heterocycles. The fourth-order valence-electron chi connectivity index (χ4n) is 1.57. The van der Waals surface area contributed by atoms with E-state index in [4.69, 9.17) is 5.73 Å². The molecule has 0 aliphatic rings. The molecule has 5 nitrogen and oxygen atoms in total. The van der Waals surface area contributed by atoms with Crippen LogP contribution in [0.4, 0.5) is 5.69 Å². The summed E-state index contributed by atoms with van der Waals surface area (Å²) in [5.41, 5.74) is 6.75. The Morgan fingerprint density at radius 3 is 2.70 bits per heavy atom. The third-order valence-electron chi connectivity index (χ3n) is 2.66. The molecule has 20 heavy (non-hydrogen) atoms. The molecule has 3 N–H and O–H groups in total. The minimum Gasteiger partial charge on any atom is -0.399 e. The highest BCUT2D eigenvalue weighted by Crippen LogP contribution is 2.25. The molecule has 0 spiro atoms. The molecule has 1 amide bonds. The van der Waals surface area contributed by atoms with Crippen molar-refractivity contribution in [2.24, 2.45) is 0 Å². The zero-order valence-electron chi connectivity index (χ0n) is 11.8. The summed E-state index contributed by atoms with van der Waals surface area (Å²) >= 11 is 1.52. The summed E-state index contributed by atoms with van der Waals surface area (Å²) in [6.07, 6.45) is 0. The maximum atomic E-state index is 12.0. The van der Waals surface area contributed by atoms with Crippen molar-refractivity contribution in [1.82, 2.24) is 15.5 Å². The fourth-order valence-corrected chi connectivity index (χ4v) is 2.40. The van der Waals surface area contributed by atoms with Crippen molar-refractivity contribution in [2.75, 3.05) is 5.73 Å².